The molecule has 1 atom stereocenters. The van der Waals surface area contributed by atoms with Crippen molar-refractivity contribution in [2.45, 2.75) is 19.4 Å². The average molecular weight is 465 g/mol. The topological polar surface area (TPSA) is 75.5 Å². The van der Waals surface area contributed by atoms with Crippen molar-refractivity contribution >= 4 is 15.7 Å². The number of hydrogen-bond donors (Lipinski definition) is 0. The van der Waals surface area contributed by atoms with Crippen molar-refractivity contribution in [2.75, 3.05) is 37.7 Å². The molecule has 2 aromatic carbocycles. The van der Waals surface area contributed by atoms with E-state index in [-0.39, 0.29) is 23.5 Å². The van der Waals surface area contributed by atoms with Gasteiger partial charge in [0.15, 0.2) is 9.84 Å². The van der Waals surface area contributed by atoms with Gasteiger partial charge in [-0.15, -0.1) is 0 Å². The van der Waals surface area contributed by atoms with E-state index >= 15 is 0 Å². The Hall–Kier alpha value is -2.97. The van der Waals surface area contributed by atoms with E-state index in [0.29, 0.717) is 43.9 Å². The van der Waals surface area contributed by atoms with E-state index in [9.17, 15) is 13.2 Å². The number of para-hydroxylation sites is 1. The first-order valence-corrected chi connectivity index (χ1v) is 13.2. The summed E-state index contributed by atoms with van der Waals surface area (Å²) >= 11 is 0. The number of amides is 1. The summed E-state index contributed by atoms with van der Waals surface area (Å²) in [6.07, 6.45) is 2.51. The average Bonchev–Trinajstić information content (AvgIpc) is 3.43. The summed E-state index contributed by atoms with van der Waals surface area (Å²) < 4.78 is 25.5. The van der Waals surface area contributed by atoms with Crippen LogP contribution in [0.15, 0.2) is 60.8 Å². The fourth-order valence-electron chi connectivity index (χ4n) is 4.69. The van der Waals surface area contributed by atoms with Crippen LogP contribution in [0, 0.1) is 6.92 Å². The van der Waals surface area contributed by atoms with Crippen LogP contribution in [0.5, 0.6) is 0 Å². The SMILES string of the molecule is Cc1ccc(-c2nn(-c3ccccc3)cc2C(=O)N2CCN([C@H]3CCS(=O)(=O)C3)CC2)cc1. The Labute approximate surface area is 194 Å². The second-order valence-electron chi connectivity index (χ2n) is 8.92. The van der Waals surface area contributed by atoms with E-state index < -0.39 is 9.84 Å². The Morgan fingerprint density at radius 2 is 1.67 bits per heavy atom. The zero-order valence-corrected chi connectivity index (χ0v) is 19.5. The Bertz CT molecular complexity index is 1240. The molecule has 2 fully saturated rings. The first-order valence-electron chi connectivity index (χ1n) is 11.4. The highest BCUT2D eigenvalue weighted by Crippen LogP contribution is 2.26. The van der Waals surface area contributed by atoms with Gasteiger partial charge >= 0.3 is 0 Å². The van der Waals surface area contributed by atoms with Crippen molar-refractivity contribution in [1.82, 2.24) is 19.6 Å². The summed E-state index contributed by atoms with van der Waals surface area (Å²) in [6.45, 7) is 4.59. The number of aryl methyl sites for hydroxylation is 1. The normalized spacial score (nSPS) is 20.8. The molecule has 172 valence electrons. The number of carbonyl (C=O) groups excluding carboxylic acids is 1. The van der Waals surface area contributed by atoms with Crippen molar-refractivity contribution in [3.8, 4) is 16.9 Å². The zero-order chi connectivity index (χ0) is 23.0. The van der Waals surface area contributed by atoms with Gasteiger partial charge in [-0.1, -0.05) is 48.0 Å². The number of hydrogen-bond acceptors (Lipinski definition) is 5. The van der Waals surface area contributed by atoms with E-state index in [1.807, 2.05) is 72.6 Å². The van der Waals surface area contributed by atoms with Gasteiger partial charge in [-0.05, 0) is 25.5 Å². The summed E-state index contributed by atoms with van der Waals surface area (Å²) in [4.78, 5) is 17.7. The highest BCUT2D eigenvalue weighted by Gasteiger charge is 2.35. The van der Waals surface area contributed by atoms with Crippen LogP contribution in [0.3, 0.4) is 0 Å². The summed E-state index contributed by atoms with van der Waals surface area (Å²) in [5.41, 5.74) is 4.22. The molecule has 7 nitrogen and oxygen atoms in total. The van der Waals surface area contributed by atoms with Crippen LogP contribution < -0.4 is 0 Å². The molecular weight excluding hydrogens is 436 g/mol. The number of nitrogens with zero attached hydrogens (tertiary/aromatic N) is 4. The van der Waals surface area contributed by atoms with Crippen molar-refractivity contribution in [1.29, 1.82) is 0 Å². The molecule has 5 rings (SSSR count). The summed E-state index contributed by atoms with van der Waals surface area (Å²) in [6, 6.07) is 17.9. The van der Waals surface area contributed by atoms with Crippen LogP contribution in [0.2, 0.25) is 0 Å². The minimum Gasteiger partial charge on any atom is -0.336 e. The zero-order valence-electron chi connectivity index (χ0n) is 18.7. The van der Waals surface area contributed by atoms with Crippen molar-refractivity contribution in [2.24, 2.45) is 0 Å². The molecule has 3 heterocycles. The first-order chi connectivity index (χ1) is 15.9. The predicted molar refractivity (Wildman–Crippen MR) is 128 cm³/mol. The number of aromatic nitrogens is 2. The Morgan fingerprint density at radius 3 is 2.30 bits per heavy atom. The van der Waals surface area contributed by atoms with Gasteiger partial charge in [-0.2, -0.15) is 5.10 Å². The Balaban J connectivity index is 1.39. The van der Waals surface area contributed by atoms with Crippen LogP contribution in [-0.4, -0.2) is 77.6 Å². The predicted octanol–water partition coefficient (Wildman–Crippen LogP) is 2.79. The lowest BCUT2D eigenvalue weighted by atomic mass is 10.1. The highest BCUT2D eigenvalue weighted by molar-refractivity contribution is 7.91. The summed E-state index contributed by atoms with van der Waals surface area (Å²) in [7, 11) is -2.91. The second kappa shape index (κ2) is 8.76. The number of piperazine rings is 1. The van der Waals surface area contributed by atoms with E-state index in [1.165, 1.54) is 0 Å². The molecule has 2 aliphatic heterocycles. The molecule has 8 heteroatoms. The van der Waals surface area contributed by atoms with Crippen LogP contribution in [0.25, 0.3) is 16.9 Å². The van der Waals surface area contributed by atoms with E-state index in [4.69, 9.17) is 5.10 Å². The fraction of sp³-hybridized carbons (Fsp3) is 0.360. The van der Waals surface area contributed by atoms with Crippen LogP contribution in [0.1, 0.15) is 22.3 Å². The highest BCUT2D eigenvalue weighted by atomic mass is 32.2. The van der Waals surface area contributed by atoms with Gasteiger partial charge < -0.3 is 4.90 Å². The van der Waals surface area contributed by atoms with Gasteiger partial charge in [0, 0.05) is 44.0 Å². The lowest BCUT2D eigenvalue weighted by Gasteiger charge is -2.37. The van der Waals surface area contributed by atoms with Crippen LogP contribution in [-0.2, 0) is 9.84 Å². The summed E-state index contributed by atoms with van der Waals surface area (Å²) in [5, 5.41) is 4.78. The third kappa shape index (κ3) is 4.58. The monoisotopic (exact) mass is 464 g/mol. The van der Waals surface area contributed by atoms with Crippen molar-refractivity contribution in [3.63, 3.8) is 0 Å². The molecular formula is C25H28N4O3S. The molecule has 2 aliphatic rings. The van der Waals surface area contributed by atoms with E-state index in [0.717, 1.165) is 16.8 Å². The van der Waals surface area contributed by atoms with Crippen molar-refractivity contribution < 1.29 is 13.2 Å². The summed E-state index contributed by atoms with van der Waals surface area (Å²) in [5.74, 6) is 0.476. The van der Waals surface area contributed by atoms with Gasteiger partial charge in [0.2, 0.25) is 0 Å². The lowest BCUT2D eigenvalue weighted by molar-refractivity contribution is 0.0588. The maximum Gasteiger partial charge on any atom is 0.257 e. The van der Waals surface area contributed by atoms with Gasteiger partial charge in [0.1, 0.15) is 5.69 Å². The van der Waals surface area contributed by atoms with Gasteiger partial charge in [-0.3, -0.25) is 9.69 Å². The molecule has 0 saturated carbocycles. The fourth-order valence-corrected chi connectivity index (χ4v) is 6.45. The molecule has 0 aliphatic carbocycles. The van der Waals surface area contributed by atoms with Crippen LogP contribution in [0.4, 0.5) is 0 Å². The largest absolute Gasteiger partial charge is 0.336 e. The van der Waals surface area contributed by atoms with E-state index in [1.54, 1.807) is 4.68 Å². The molecule has 0 spiro atoms. The number of rotatable bonds is 4. The molecule has 1 amide bonds. The quantitative estimate of drug-likeness (QED) is 0.594. The number of benzene rings is 2. The molecule has 0 radical (unpaired) electrons. The third-order valence-electron chi connectivity index (χ3n) is 6.62. The Kier molecular flexibility index (Phi) is 5.80. The first kappa shape index (κ1) is 21.9. The number of carbonyl (C=O) groups is 1. The molecule has 2 saturated heterocycles. The molecule has 3 aromatic rings. The second-order valence-corrected chi connectivity index (χ2v) is 11.2. The molecule has 0 bridgehead atoms. The smallest absolute Gasteiger partial charge is 0.257 e. The Morgan fingerprint density at radius 1 is 0.970 bits per heavy atom. The minimum absolute atomic E-state index is 0.0357. The molecule has 1 aromatic heterocycles. The maximum atomic E-state index is 13.6. The van der Waals surface area contributed by atoms with Crippen LogP contribution >= 0.6 is 0 Å². The molecule has 0 N–H and O–H groups in total. The van der Waals surface area contributed by atoms with Crippen molar-refractivity contribution in [3.05, 3.63) is 71.9 Å². The third-order valence-corrected chi connectivity index (χ3v) is 8.37. The maximum absolute atomic E-state index is 13.6. The molecule has 0 unspecified atom stereocenters. The van der Waals surface area contributed by atoms with Gasteiger partial charge in [0.05, 0.1) is 22.8 Å². The van der Waals surface area contributed by atoms with E-state index in [2.05, 4.69) is 4.90 Å². The standard InChI is InChI=1S/C25H28N4O3S/c1-19-7-9-20(10-8-19)24-23(17-29(26-24)21-5-3-2-4-6-21)25(30)28-14-12-27(13-15-28)22-11-16-33(31,32)18-22/h2-10,17,22H,11-16,18H2,1H3/t22-/m0/s1. The lowest BCUT2D eigenvalue weighted by Crippen LogP contribution is -2.52. The van der Waals surface area contributed by atoms with Gasteiger partial charge in [-0.25, -0.2) is 13.1 Å². The minimum atomic E-state index is -2.91. The van der Waals surface area contributed by atoms with Gasteiger partial charge in [0.25, 0.3) is 5.91 Å². The molecule has 33 heavy (non-hydrogen) atoms. The number of sulfone groups is 1.